The molecule has 0 saturated carbocycles. The predicted molar refractivity (Wildman–Crippen MR) is 63.6 cm³/mol. The molecular weight excluding hydrogens is 212 g/mol. The third-order valence-electron chi connectivity index (χ3n) is 2.63. The number of fused-ring (bicyclic) bond motifs is 1. The predicted octanol–water partition coefficient (Wildman–Crippen LogP) is 3.29. The summed E-state index contributed by atoms with van der Waals surface area (Å²) in [5.74, 6) is 0.976. The lowest BCUT2D eigenvalue weighted by Crippen LogP contribution is -2.00. The number of nitrogens with zero attached hydrogens (tertiary/aromatic N) is 2. The molecule has 0 bridgehead atoms. The Balaban J connectivity index is 3.07. The van der Waals surface area contributed by atoms with Gasteiger partial charge in [-0.2, -0.15) is 0 Å². The molecule has 0 aliphatic heterocycles. The van der Waals surface area contributed by atoms with E-state index in [1.807, 2.05) is 18.5 Å². The van der Waals surface area contributed by atoms with Crippen LogP contribution in [0.1, 0.15) is 16.3 Å². The van der Waals surface area contributed by atoms with E-state index < -0.39 is 0 Å². The summed E-state index contributed by atoms with van der Waals surface area (Å²) in [4.78, 5) is 6.91. The van der Waals surface area contributed by atoms with Crippen LogP contribution in [0.3, 0.4) is 0 Å². The Hall–Kier alpha value is -0.740. The van der Waals surface area contributed by atoms with Gasteiger partial charge in [-0.1, -0.05) is 12.2 Å². The Morgan fingerprint density at radius 2 is 1.93 bits per heavy atom. The largest absolute Gasteiger partial charge is 0.324 e. The Labute approximate surface area is 92.2 Å². The Kier molecular flexibility index (Phi) is 2.20. The number of rotatable bonds is 0. The second-order valence-corrected chi connectivity index (χ2v) is 5.08. The van der Waals surface area contributed by atoms with Gasteiger partial charge in [0.05, 0.1) is 0 Å². The molecule has 2 rings (SSSR count). The van der Waals surface area contributed by atoms with E-state index in [0.717, 1.165) is 20.7 Å². The van der Waals surface area contributed by atoms with Crippen molar-refractivity contribution in [2.24, 2.45) is 7.05 Å². The maximum absolute atomic E-state index is 5.41. The molecule has 74 valence electrons. The minimum atomic E-state index is 0.898. The number of thiophene rings is 1. The third kappa shape index (κ3) is 1.21. The zero-order valence-corrected chi connectivity index (χ0v) is 10.3. The van der Waals surface area contributed by atoms with Gasteiger partial charge in [0.25, 0.3) is 0 Å². The normalized spacial score (nSPS) is 11.1. The van der Waals surface area contributed by atoms with Gasteiger partial charge < -0.3 is 4.57 Å². The molecule has 4 heteroatoms. The summed E-state index contributed by atoms with van der Waals surface area (Å²) in [6.45, 7) is 6.21. The molecule has 0 amide bonds. The zero-order chi connectivity index (χ0) is 10.5. The van der Waals surface area contributed by atoms with Gasteiger partial charge >= 0.3 is 0 Å². The van der Waals surface area contributed by atoms with Crippen molar-refractivity contribution in [2.75, 3.05) is 0 Å². The molecule has 0 N–H and O–H groups in total. The topological polar surface area (TPSA) is 17.8 Å². The van der Waals surface area contributed by atoms with Crippen molar-refractivity contribution in [1.29, 1.82) is 0 Å². The van der Waals surface area contributed by atoms with Crippen molar-refractivity contribution in [2.45, 2.75) is 20.8 Å². The maximum Gasteiger partial charge on any atom is 0.128 e. The second kappa shape index (κ2) is 3.14. The van der Waals surface area contributed by atoms with E-state index >= 15 is 0 Å². The van der Waals surface area contributed by atoms with Gasteiger partial charge in [-0.3, -0.25) is 0 Å². The lowest BCUT2D eigenvalue weighted by atomic mass is 10.2. The first-order chi connectivity index (χ1) is 6.52. The van der Waals surface area contributed by atoms with Crippen LogP contribution in [0, 0.1) is 25.4 Å². The van der Waals surface area contributed by atoms with E-state index in [1.54, 1.807) is 11.3 Å². The van der Waals surface area contributed by atoms with Gasteiger partial charge in [0.15, 0.2) is 0 Å². The molecule has 2 aromatic heterocycles. The molecule has 0 aliphatic carbocycles. The van der Waals surface area contributed by atoms with Crippen molar-refractivity contribution in [3.8, 4) is 0 Å². The number of aryl methyl sites for hydroxylation is 3. The van der Waals surface area contributed by atoms with Gasteiger partial charge in [-0.25, -0.2) is 4.98 Å². The first-order valence-electron chi connectivity index (χ1n) is 4.45. The van der Waals surface area contributed by atoms with Crippen molar-refractivity contribution in [3.05, 3.63) is 20.9 Å². The van der Waals surface area contributed by atoms with Crippen LogP contribution in [0.15, 0.2) is 0 Å². The molecule has 0 radical (unpaired) electrons. The summed E-state index contributed by atoms with van der Waals surface area (Å²) in [6.07, 6.45) is 0. The van der Waals surface area contributed by atoms with Crippen LogP contribution in [0.25, 0.3) is 10.2 Å². The molecule has 14 heavy (non-hydrogen) atoms. The maximum atomic E-state index is 5.41. The highest BCUT2D eigenvalue weighted by atomic mass is 32.1. The summed E-state index contributed by atoms with van der Waals surface area (Å²) in [6, 6.07) is 0. The first kappa shape index (κ1) is 9.80. The number of aromatic nitrogens is 2. The zero-order valence-electron chi connectivity index (χ0n) is 8.71. The van der Waals surface area contributed by atoms with Crippen molar-refractivity contribution < 1.29 is 0 Å². The molecule has 0 aromatic carbocycles. The summed E-state index contributed by atoms with van der Waals surface area (Å²) in [5, 5.41) is 1.15. The minimum Gasteiger partial charge on any atom is -0.324 e. The standard InChI is InChI=1S/C10H12N2S2/c1-5-6(2)14-9-8(5)10(13)12(4)7(3)11-9/h1-4H3. The molecule has 0 saturated heterocycles. The van der Waals surface area contributed by atoms with Crippen molar-refractivity contribution in [3.63, 3.8) is 0 Å². The third-order valence-corrected chi connectivity index (χ3v) is 4.21. The van der Waals surface area contributed by atoms with Crippen molar-refractivity contribution >= 4 is 33.8 Å². The summed E-state index contributed by atoms with van der Waals surface area (Å²) in [5.41, 5.74) is 1.28. The Bertz CT molecular complexity index is 563. The SMILES string of the molecule is Cc1sc2nc(C)n(C)c(=S)c2c1C. The second-order valence-electron chi connectivity index (χ2n) is 3.49. The van der Waals surface area contributed by atoms with E-state index in [0.29, 0.717) is 0 Å². The molecule has 0 unspecified atom stereocenters. The van der Waals surface area contributed by atoms with Crippen LogP contribution in [0.4, 0.5) is 0 Å². The fourth-order valence-corrected chi connectivity index (χ4v) is 3.00. The summed E-state index contributed by atoms with van der Waals surface area (Å²) >= 11 is 7.14. The smallest absolute Gasteiger partial charge is 0.128 e. The molecule has 2 nitrogen and oxygen atoms in total. The van der Waals surface area contributed by atoms with Gasteiger partial charge in [0, 0.05) is 17.3 Å². The highest BCUT2D eigenvalue weighted by molar-refractivity contribution is 7.71. The van der Waals surface area contributed by atoms with Crippen LogP contribution in [-0.4, -0.2) is 9.55 Å². The van der Waals surface area contributed by atoms with Gasteiger partial charge in [-0.05, 0) is 26.3 Å². The van der Waals surface area contributed by atoms with Crippen molar-refractivity contribution in [1.82, 2.24) is 9.55 Å². The monoisotopic (exact) mass is 224 g/mol. The molecule has 2 heterocycles. The molecule has 0 atom stereocenters. The number of hydrogen-bond donors (Lipinski definition) is 0. The lowest BCUT2D eigenvalue weighted by Gasteiger charge is -2.04. The van der Waals surface area contributed by atoms with Crippen LogP contribution < -0.4 is 0 Å². The summed E-state index contributed by atoms with van der Waals surface area (Å²) < 4.78 is 2.87. The molecule has 0 spiro atoms. The average Bonchev–Trinajstić information content (AvgIpc) is 2.39. The fourth-order valence-electron chi connectivity index (χ4n) is 1.48. The van der Waals surface area contributed by atoms with Crippen LogP contribution >= 0.6 is 23.6 Å². The minimum absolute atomic E-state index is 0.898. The van der Waals surface area contributed by atoms with Crippen LogP contribution in [-0.2, 0) is 7.05 Å². The lowest BCUT2D eigenvalue weighted by molar-refractivity contribution is 0.813. The summed E-state index contributed by atoms with van der Waals surface area (Å²) in [7, 11) is 1.97. The molecule has 2 aromatic rings. The van der Waals surface area contributed by atoms with E-state index in [2.05, 4.69) is 18.8 Å². The van der Waals surface area contributed by atoms with E-state index in [-0.39, 0.29) is 0 Å². The Morgan fingerprint density at radius 3 is 2.57 bits per heavy atom. The van der Waals surface area contributed by atoms with Crippen LogP contribution in [0.2, 0.25) is 0 Å². The van der Waals surface area contributed by atoms with E-state index in [4.69, 9.17) is 12.2 Å². The van der Waals surface area contributed by atoms with E-state index in [9.17, 15) is 0 Å². The van der Waals surface area contributed by atoms with Gasteiger partial charge in [0.1, 0.15) is 15.3 Å². The van der Waals surface area contributed by atoms with E-state index in [1.165, 1.54) is 10.4 Å². The highest BCUT2D eigenvalue weighted by Gasteiger charge is 2.09. The average molecular weight is 224 g/mol. The van der Waals surface area contributed by atoms with Gasteiger partial charge in [-0.15, -0.1) is 11.3 Å². The number of hydrogen-bond acceptors (Lipinski definition) is 3. The quantitative estimate of drug-likeness (QED) is 0.639. The first-order valence-corrected chi connectivity index (χ1v) is 5.68. The van der Waals surface area contributed by atoms with Crippen LogP contribution in [0.5, 0.6) is 0 Å². The van der Waals surface area contributed by atoms with Gasteiger partial charge in [0.2, 0.25) is 0 Å². The molecule has 0 aliphatic rings. The highest BCUT2D eigenvalue weighted by Crippen LogP contribution is 2.29. The molecular formula is C10H12N2S2. The molecule has 0 fully saturated rings. The fraction of sp³-hybridized carbons (Fsp3) is 0.400. The Morgan fingerprint density at radius 1 is 1.29 bits per heavy atom.